The lowest BCUT2D eigenvalue weighted by atomic mass is 10.2. The van der Waals surface area contributed by atoms with E-state index >= 15 is 0 Å². The predicted octanol–water partition coefficient (Wildman–Crippen LogP) is -0.677. The molecule has 130 valence electrons. The summed E-state index contributed by atoms with van der Waals surface area (Å²) < 4.78 is 5.51. The first-order valence-electron chi connectivity index (χ1n) is 8.78. The molecule has 2 heterocycles. The molecule has 1 aromatic rings. The molecule has 2 aliphatic rings. The fraction of sp³-hybridized carbons (Fsp3) is 0.556. The second kappa shape index (κ2) is 8.26. The summed E-state index contributed by atoms with van der Waals surface area (Å²) in [5.74, 6) is 0.154. The number of nitrogens with one attached hydrogen (secondary N) is 2. The summed E-state index contributed by atoms with van der Waals surface area (Å²) in [6.45, 7) is 4.91. The van der Waals surface area contributed by atoms with Crippen molar-refractivity contribution in [3.63, 3.8) is 0 Å². The Morgan fingerprint density at radius 2 is 1.96 bits per heavy atom. The van der Waals surface area contributed by atoms with Gasteiger partial charge < -0.3 is 19.9 Å². The average Bonchev–Trinajstić information content (AvgIpc) is 3.14. The summed E-state index contributed by atoms with van der Waals surface area (Å²) >= 11 is 0. The van der Waals surface area contributed by atoms with E-state index in [1.165, 1.54) is 4.90 Å². The third-order valence-electron chi connectivity index (χ3n) is 4.74. The number of amides is 2. The van der Waals surface area contributed by atoms with E-state index in [1.807, 2.05) is 35.2 Å². The lowest BCUT2D eigenvalue weighted by molar-refractivity contribution is -0.896. The van der Waals surface area contributed by atoms with Crippen LogP contribution in [0.1, 0.15) is 23.2 Å². The molecule has 2 aliphatic heterocycles. The monoisotopic (exact) mass is 332 g/mol. The van der Waals surface area contributed by atoms with E-state index < -0.39 is 0 Å². The van der Waals surface area contributed by atoms with Crippen molar-refractivity contribution in [2.24, 2.45) is 0 Å². The van der Waals surface area contributed by atoms with Crippen molar-refractivity contribution in [1.29, 1.82) is 0 Å². The summed E-state index contributed by atoms with van der Waals surface area (Å²) in [5, 5.41) is 2.97. The number of hydrogen-bond donors (Lipinski definition) is 2. The number of rotatable bonds is 5. The van der Waals surface area contributed by atoms with E-state index in [-0.39, 0.29) is 17.9 Å². The second-order valence-electron chi connectivity index (χ2n) is 6.52. The number of nitrogens with zero attached hydrogens (tertiary/aromatic N) is 1. The van der Waals surface area contributed by atoms with E-state index in [0.29, 0.717) is 26.2 Å². The minimum Gasteiger partial charge on any atom is -0.376 e. The largest absolute Gasteiger partial charge is 0.376 e. The van der Waals surface area contributed by atoms with Crippen LogP contribution < -0.4 is 10.2 Å². The quantitative estimate of drug-likeness (QED) is 0.751. The minimum atomic E-state index is 0.0725. The van der Waals surface area contributed by atoms with Gasteiger partial charge in [-0.05, 0) is 25.0 Å². The number of piperazine rings is 1. The molecule has 24 heavy (non-hydrogen) atoms. The Labute approximate surface area is 142 Å². The van der Waals surface area contributed by atoms with E-state index in [0.717, 1.165) is 38.1 Å². The second-order valence-corrected chi connectivity index (χ2v) is 6.52. The van der Waals surface area contributed by atoms with Gasteiger partial charge in [0.15, 0.2) is 6.54 Å². The third kappa shape index (κ3) is 4.55. The standard InChI is InChI=1S/C18H25N3O3/c22-17(19-13-16-7-4-12-24-16)14-20-8-10-21(11-9-20)18(23)15-5-2-1-3-6-15/h1-3,5-6,16H,4,7-14H2,(H,19,22)/p+1/t16-/m0/s1. The Balaban J connectivity index is 1.38. The van der Waals surface area contributed by atoms with Crippen LogP contribution in [0.15, 0.2) is 30.3 Å². The maximum Gasteiger partial charge on any atom is 0.275 e. The maximum atomic E-state index is 12.4. The molecule has 0 spiro atoms. The Kier molecular flexibility index (Phi) is 5.82. The highest BCUT2D eigenvalue weighted by molar-refractivity contribution is 5.94. The molecule has 2 fully saturated rings. The van der Waals surface area contributed by atoms with Gasteiger partial charge in [-0.3, -0.25) is 9.59 Å². The normalized spacial score (nSPS) is 21.7. The van der Waals surface area contributed by atoms with Crippen molar-refractivity contribution in [3.8, 4) is 0 Å². The van der Waals surface area contributed by atoms with Gasteiger partial charge in [-0.2, -0.15) is 0 Å². The van der Waals surface area contributed by atoms with Gasteiger partial charge in [-0.1, -0.05) is 18.2 Å². The topological polar surface area (TPSA) is 63.1 Å². The molecule has 6 heteroatoms. The van der Waals surface area contributed by atoms with E-state index in [9.17, 15) is 9.59 Å². The lowest BCUT2D eigenvalue weighted by Crippen LogP contribution is -3.15. The summed E-state index contributed by atoms with van der Waals surface area (Å²) in [6, 6.07) is 9.37. The van der Waals surface area contributed by atoms with Crippen molar-refractivity contribution in [3.05, 3.63) is 35.9 Å². The van der Waals surface area contributed by atoms with Gasteiger partial charge in [0.25, 0.3) is 11.8 Å². The molecular formula is C18H26N3O3+. The van der Waals surface area contributed by atoms with Gasteiger partial charge in [0.2, 0.25) is 0 Å². The van der Waals surface area contributed by atoms with Crippen LogP contribution in [0.25, 0.3) is 0 Å². The van der Waals surface area contributed by atoms with E-state index in [2.05, 4.69) is 5.32 Å². The summed E-state index contributed by atoms with van der Waals surface area (Å²) in [6.07, 6.45) is 2.31. The van der Waals surface area contributed by atoms with Gasteiger partial charge in [-0.15, -0.1) is 0 Å². The van der Waals surface area contributed by atoms with Crippen molar-refractivity contribution < 1.29 is 19.2 Å². The Morgan fingerprint density at radius 3 is 2.62 bits per heavy atom. The van der Waals surface area contributed by atoms with Crippen molar-refractivity contribution in [2.75, 3.05) is 45.9 Å². The molecule has 3 rings (SSSR count). The first-order chi connectivity index (χ1) is 11.7. The first-order valence-corrected chi connectivity index (χ1v) is 8.78. The van der Waals surface area contributed by atoms with Gasteiger partial charge in [0.1, 0.15) is 0 Å². The maximum absolute atomic E-state index is 12.4. The minimum absolute atomic E-state index is 0.0725. The van der Waals surface area contributed by atoms with Crippen molar-refractivity contribution >= 4 is 11.8 Å². The number of ether oxygens (including phenoxy) is 1. The predicted molar refractivity (Wildman–Crippen MR) is 89.9 cm³/mol. The van der Waals surface area contributed by atoms with Crippen LogP contribution >= 0.6 is 0 Å². The van der Waals surface area contributed by atoms with Crippen LogP contribution in [0.3, 0.4) is 0 Å². The van der Waals surface area contributed by atoms with Gasteiger partial charge >= 0.3 is 0 Å². The molecule has 1 aromatic carbocycles. The zero-order valence-corrected chi connectivity index (χ0v) is 14.0. The molecule has 2 amide bonds. The fourth-order valence-electron chi connectivity index (χ4n) is 3.29. The van der Waals surface area contributed by atoms with Crippen LogP contribution in [-0.2, 0) is 9.53 Å². The number of quaternary nitrogens is 1. The average molecular weight is 332 g/mol. The molecule has 2 N–H and O–H groups in total. The van der Waals surface area contributed by atoms with Crippen LogP contribution in [0.2, 0.25) is 0 Å². The molecule has 2 saturated heterocycles. The molecule has 1 atom stereocenters. The van der Waals surface area contributed by atoms with Crippen molar-refractivity contribution in [2.45, 2.75) is 18.9 Å². The highest BCUT2D eigenvalue weighted by atomic mass is 16.5. The van der Waals surface area contributed by atoms with Crippen LogP contribution in [-0.4, -0.2) is 68.7 Å². The van der Waals surface area contributed by atoms with Crippen LogP contribution in [0, 0.1) is 0 Å². The first kappa shape index (κ1) is 16.9. The van der Waals surface area contributed by atoms with Crippen molar-refractivity contribution in [1.82, 2.24) is 10.2 Å². The van der Waals surface area contributed by atoms with Gasteiger partial charge in [0, 0.05) is 18.7 Å². The van der Waals surface area contributed by atoms with E-state index in [4.69, 9.17) is 4.74 Å². The summed E-state index contributed by atoms with van der Waals surface area (Å²) in [5.41, 5.74) is 0.732. The zero-order valence-electron chi connectivity index (χ0n) is 14.0. The molecule has 0 unspecified atom stereocenters. The lowest BCUT2D eigenvalue weighted by Gasteiger charge is -2.32. The van der Waals surface area contributed by atoms with Crippen LogP contribution in [0.4, 0.5) is 0 Å². The Bertz CT molecular complexity index is 550. The number of benzene rings is 1. The molecular weight excluding hydrogens is 306 g/mol. The number of hydrogen-bond acceptors (Lipinski definition) is 3. The highest BCUT2D eigenvalue weighted by Crippen LogP contribution is 2.10. The zero-order chi connectivity index (χ0) is 16.8. The molecule has 0 aromatic heterocycles. The number of carbonyl (C=O) groups is 2. The molecule has 0 bridgehead atoms. The SMILES string of the molecule is O=C(C[NH+]1CCN(C(=O)c2ccccc2)CC1)NC[C@@H]1CCCO1. The summed E-state index contributed by atoms with van der Waals surface area (Å²) in [7, 11) is 0. The van der Waals surface area contributed by atoms with E-state index in [1.54, 1.807) is 0 Å². The summed E-state index contributed by atoms with van der Waals surface area (Å²) in [4.78, 5) is 27.5. The third-order valence-corrected chi connectivity index (χ3v) is 4.74. The van der Waals surface area contributed by atoms with Crippen LogP contribution in [0.5, 0.6) is 0 Å². The Hall–Kier alpha value is -1.92. The molecule has 0 aliphatic carbocycles. The molecule has 6 nitrogen and oxygen atoms in total. The fourth-order valence-corrected chi connectivity index (χ4v) is 3.29. The van der Waals surface area contributed by atoms with Gasteiger partial charge in [-0.25, -0.2) is 0 Å². The van der Waals surface area contributed by atoms with Gasteiger partial charge in [0.05, 0.1) is 32.3 Å². The smallest absolute Gasteiger partial charge is 0.275 e. The molecule has 0 saturated carbocycles. The highest BCUT2D eigenvalue weighted by Gasteiger charge is 2.26. The Morgan fingerprint density at radius 1 is 1.21 bits per heavy atom. The number of carbonyl (C=O) groups excluding carboxylic acids is 2. The molecule has 0 radical (unpaired) electrons.